The molecule has 2 unspecified atom stereocenters. The molecule has 0 amide bonds. The van der Waals surface area contributed by atoms with Crippen LogP contribution in [0.15, 0.2) is 0 Å². The molecule has 11 heavy (non-hydrogen) atoms. The molecule has 0 aromatic heterocycles. The highest BCUT2D eigenvalue weighted by molar-refractivity contribution is 7.26. The van der Waals surface area contributed by atoms with Gasteiger partial charge in [-0.15, -0.1) is 0 Å². The Labute approximate surface area is 72.0 Å². The van der Waals surface area contributed by atoms with Crippen molar-refractivity contribution in [3.8, 4) is 0 Å². The molecule has 1 aliphatic heterocycles. The zero-order valence-corrected chi connectivity index (χ0v) is 10.1. The van der Waals surface area contributed by atoms with Gasteiger partial charge in [0.2, 0.25) is 0 Å². The molecule has 1 fully saturated rings. The molecule has 0 spiro atoms. The molecular weight excluding hydrogens is 172 g/mol. The Morgan fingerprint density at radius 1 is 1.45 bits per heavy atom. The topological polar surface area (TPSA) is 18.5 Å². The third kappa shape index (κ3) is 2.40. The lowest BCUT2D eigenvalue weighted by atomic mass is 10.8. The maximum atomic E-state index is 5.76. The first-order valence-corrected chi connectivity index (χ1v) is 10.2. The van der Waals surface area contributed by atoms with E-state index in [-0.39, 0.29) is 9.04 Å². The van der Waals surface area contributed by atoms with Crippen molar-refractivity contribution in [2.45, 2.75) is 32.2 Å². The van der Waals surface area contributed by atoms with Gasteiger partial charge in [0.05, 0.1) is 9.04 Å². The van der Waals surface area contributed by atoms with Crippen LogP contribution in [0.5, 0.6) is 0 Å². The van der Waals surface area contributed by atoms with Gasteiger partial charge in [-0.2, -0.15) is 0 Å². The molecule has 1 saturated heterocycles. The highest BCUT2D eigenvalue weighted by atomic mass is 29.2. The van der Waals surface area contributed by atoms with E-state index in [1.165, 1.54) is 6.04 Å². The van der Waals surface area contributed by atoms with Gasteiger partial charge >= 0.3 is 0 Å². The highest BCUT2D eigenvalue weighted by Crippen LogP contribution is 2.26. The smallest absolute Gasteiger partial charge is 0.174 e. The molecule has 0 saturated carbocycles. The second-order valence-corrected chi connectivity index (χ2v) is 14.0. The Bertz CT molecular complexity index is 124. The number of hydrogen-bond acceptors (Lipinski definition) is 2. The van der Waals surface area contributed by atoms with E-state index in [0.717, 1.165) is 13.2 Å². The molecule has 0 aliphatic carbocycles. The minimum Gasteiger partial charge on any atom is -0.421 e. The Hall–Kier alpha value is 0.354. The lowest BCUT2D eigenvalue weighted by Gasteiger charge is -2.41. The minimum absolute atomic E-state index is 0.00892. The van der Waals surface area contributed by atoms with Crippen molar-refractivity contribution < 1.29 is 9.16 Å². The quantitative estimate of drug-likeness (QED) is 0.606. The number of ether oxygens (including phenoxy) is 1. The number of hydrogen-bond donors (Lipinski definition) is 0. The zero-order chi connectivity index (χ0) is 8.32. The van der Waals surface area contributed by atoms with Gasteiger partial charge < -0.3 is 9.16 Å². The van der Waals surface area contributed by atoms with E-state index in [0.29, 0.717) is 5.73 Å². The fourth-order valence-electron chi connectivity index (χ4n) is 1.72. The SMILES string of the molecule is CCOC1C[Si](C)(OCC)[SiH2]1. The summed E-state index contributed by atoms with van der Waals surface area (Å²) in [6.45, 7) is 8.33. The van der Waals surface area contributed by atoms with Crippen LogP contribution in [-0.4, -0.2) is 35.8 Å². The average Bonchev–Trinajstić information content (AvgIpc) is 1.85. The second kappa shape index (κ2) is 3.84. The van der Waals surface area contributed by atoms with Crippen LogP contribution in [0.2, 0.25) is 12.6 Å². The normalized spacial score (nSPS) is 39.0. The van der Waals surface area contributed by atoms with Crippen molar-refractivity contribution in [1.29, 1.82) is 0 Å². The predicted molar refractivity (Wildman–Crippen MR) is 52.0 cm³/mol. The monoisotopic (exact) mass is 190 g/mol. The second-order valence-electron chi connectivity index (χ2n) is 3.37. The third-order valence-electron chi connectivity index (χ3n) is 2.21. The highest BCUT2D eigenvalue weighted by Gasteiger charge is 2.44. The molecule has 1 aliphatic rings. The molecule has 0 N–H and O–H groups in total. The van der Waals surface area contributed by atoms with Crippen molar-refractivity contribution in [3.63, 3.8) is 0 Å². The van der Waals surface area contributed by atoms with Crippen molar-refractivity contribution in [1.82, 2.24) is 0 Å². The Morgan fingerprint density at radius 3 is 2.55 bits per heavy atom. The lowest BCUT2D eigenvalue weighted by Crippen LogP contribution is -2.61. The molecule has 4 heteroatoms. The van der Waals surface area contributed by atoms with Gasteiger partial charge in [0, 0.05) is 18.9 Å². The Morgan fingerprint density at radius 2 is 2.09 bits per heavy atom. The summed E-state index contributed by atoms with van der Waals surface area (Å²) in [5.41, 5.74) is 0.656. The van der Waals surface area contributed by atoms with Crippen LogP contribution < -0.4 is 0 Å². The summed E-state index contributed by atoms with van der Waals surface area (Å²) in [5.74, 6) is 0. The van der Waals surface area contributed by atoms with Gasteiger partial charge in [-0.3, -0.25) is 0 Å². The van der Waals surface area contributed by atoms with E-state index in [2.05, 4.69) is 20.4 Å². The van der Waals surface area contributed by atoms with Crippen LogP contribution in [0, 0.1) is 0 Å². The largest absolute Gasteiger partial charge is 0.421 e. The van der Waals surface area contributed by atoms with Gasteiger partial charge in [0.1, 0.15) is 0 Å². The van der Waals surface area contributed by atoms with Gasteiger partial charge in [-0.05, 0) is 26.4 Å². The zero-order valence-electron chi connectivity index (χ0n) is 7.72. The lowest BCUT2D eigenvalue weighted by molar-refractivity contribution is 0.117. The molecule has 1 heterocycles. The summed E-state index contributed by atoms with van der Waals surface area (Å²) in [5, 5.41) is 0. The summed E-state index contributed by atoms with van der Waals surface area (Å²) in [6.07, 6.45) is 0. The van der Waals surface area contributed by atoms with Crippen LogP contribution >= 0.6 is 0 Å². The maximum absolute atomic E-state index is 5.76. The molecule has 2 atom stereocenters. The average molecular weight is 190 g/mol. The van der Waals surface area contributed by atoms with Gasteiger partial charge in [0.25, 0.3) is 0 Å². The van der Waals surface area contributed by atoms with Crippen LogP contribution in [0.1, 0.15) is 13.8 Å². The first-order valence-electron chi connectivity index (χ1n) is 4.45. The first-order chi connectivity index (χ1) is 5.20. The van der Waals surface area contributed by atoms with Crippen LogP contribution in [0.3, 0.4) is 0 Å². The predicted octanol–water partition coefficient (Wildman–Crippen LogP) is 0.640. The van der Waals surface area contributed by atoms with Gasteiger partial charge in [0.15, 0.2) is 7.83 Å². The molecule has 0 bridgehead atoms. The van der Waals surface area contributed by atoms with Crippen LogP contribution in [0.4, 0.5) is 0 Å². The van der Waals surface area contributed by atoms with E-state index < -0.39 is 7.83 Å². The Kier molecular flexibility index (Phi) is 3.30. The first kappa shape index (κ1) is 9.44. The molecule has 1 rings (SSSR count). The van der Waals surface area contributed by atoms with Crippen LogP contribution in [0.25, 0.3) is 0 Å². The van der Waals surface area contributed by atoms with Crippen molar-refractivity contribution in [2.24, 2.45) is 0 Å². The summed E-state index contributed by atoms with van der Waals surface area (Å²) < 4.78 is 11.3. The van der Waals surface area contributed by atoms with Crippen molar-refractivity contribution >= 4 is 16.9 Å². The summed E-state index contributed by atoms with van der Waals surface area (Å²) in [7, 11) is -1.07. The molecule has 0 aromatic rings. The standard InChI is InChI=1S/C7H18O2Si2/c1-4-8-7-6-11(3,10-7)9-5-2/h7H,4-6,10H2,1-3H3. The van der Waals surface area contributed by atoms with Crippen molar-refractivity contribution in [2.75, 3.05) is 13.2 Å². The fraction of sp³-hybridized carbons (Fsp3) is 1.00. The van der Waals surface area contributed by atoms with Gasteiger partial charge in [-0.1, -0.05) is 0 Å². The van der Waals surface area contributed by atoms with E-state index in [4.69, 9.17) is 9.16 Å². The van der Waals surface area contributed by atoms with Gasteiger partial charge in [-0.25, -0.2) is 0 Å². The van der Waals surface area contributed by atoms with Crippen LogP contribution in [-0.2, 0) is 9.16 Å². The maximum Gasteiger partial charge on any atom is 0.174 e. The molecule has 2 nitrogen and oxygen atoms in total. The van der Waals surface area contributed by atoms with E-state index in [1.54, 1.807) is 0 Å². The summed E-state index contributed by atoms with van der Waals surface area (Å²) in [6, 6.07) is 1.26. The minimum atomic E-state index is -1.08. The summed E-state index contributed by atoms with van der Waals surface area (Å²) in [4.78, 5) is 0. The van der Waals surface area contributed by atoms with E-state index >= 15 is 0 Å². The summed E-state index contributed by atoms with van der Waals surface area (Å²) >= 11 is 0. The molecular formula is C7H18O2Si2. The Balaban J connectivity index is 2.15. The van der Waals surface area contributed by atoms with E-state index in [9.17, 15) is 0 Å². The van der Waals surface area contributed by atoms with Crippen molar-refractivity contribution in [3.05, 3.63) is 0 Å². The molecule has 0 radical (unpaired) electrons. The fourth-order valence-corrected chi connectivity index (χ4v) is 11.0. The van der Waals surface area contributed by atoms with E-state index in [1.807, 2.05) is 0 Å². The molecule has 0 aromatic carbocycles. The third-order valence-corrected chi connectivity index (χ3v) is 12.4. The number of rotatable bonds is 4. The molecule has 66 valence electrons.